The molecule has 0 fully saturated rings. The number of ether oxygens (including phenoxy) is 1. The largest absolute Gasteiger partial charge is 0.464 e. The average molecular weight is 262 g/mol. The number of rotatable bonds is 4. The zero-order chi connectivity index (χ0) is 14.4. The van der Waals surface area contributed by atoms with Crippen molar-refractivity contribution in [3.63, 3.8) is 0 Å². The van der Waals surface area contributed by atoms with Crippen molar-refractivity contribution in [3.8, 4) is 0 Å². The van der Waals surface area contributed by atoms with Crippen LogP contribution in [0.5, 0.6) is 0 Å². The monoisotopic (exact) mass is 262 g/mol. The van der Waals surface area contributed by atoms with E-state index in [0.29, 0.717) is 0 Å². The quantitative estimate of drug-likeness (QED) is 0.658. The summed E-state index contributed by atoms with van der Waals surface area (Å²) in [6.07, 6.45) is 1.58. The van der Waals surface area contributed by atoms with Crippen molar-refractivity contribution in [2.75, 3.05) is 26.1 Å². The van der Waals surface area contributed by atoms with Crippen molar-refractivity contribution in [2.45, 2.75) is 6.92 Å². The van der Waals surface area contributed by atoms with Crippen molar-refractivity contribution in [3.05, 3.63) is 35.5 Å². The van der Waals surface area contributed by atoms with Gasteiger partial charge in [0.25, 0.3) is 0 Å². The molecule has 102 valence electrons. The van der Waals surface area contributed by atoms with E-state index >= 15 is 0 Å². The van der Waals surface area contributed by atoms with E-state index in [4.69, 9.17) is 0 Å². The van der Waals surface area contributed by atoms with Gasteiger partial charge < -0.3 is 15.0 Å². The molecular formula is C14H18N2O3. The summed E-state index contributed by atoms with van der Waals surface area (Å²) in [5, 5.41) is 2.45. The third kappa shape index (κ3) is 4.46. The molecule has 0 saturated carbocycles. The molecule has 1 aromatic carbocycles. The number of carbonyl (C=O) groups excluding carboxylic acids is 2. The minimum atomic E-state index is -0.577. The highest BCUT2D eigenvalue weighted by Crippen LogP contribution is 2.14. The SMILES string of the molecule is COC(=O)/C(=C/c1ccc(N(C)C)cc1)NC(C)=O. The van der Waals surface area contributed by atoms with E-state index in [-0.39, 0.29) is 11.6 Å². The Hall–Kier alpha value is -2.30. The molecule has 0 aliphatic carbocycles. The van der Waals surface area contributed by atoms with Crippen LogP contribution in [0.3, 0.4) is 0 Å². The second kappa shape index (κ2) is 6.58. The molecule has 0 aromatic heterocycles. The molecule has 0 aliphatic heterocycles. The zero-order valence-electron chi connectivity index (χ0n) is 11.6. The van der Waals surface area contributed by atoms with Gasteiger partial charge in [-0.25, -0.2) is 4.79 Å². The van der Waals surface area contributed by atoms with E-state index in [0.717, 1.165) is 11.3 Å². The Bertz CT molecular complexity index is 490. The lowest BCUT2D eigenvalue weighted by molar-refractivity contribution is -0.137. The second-order valence-electron chi connectivity index (χ2n) is 4.22. The number of methoxy groups -OCH3 is 1. The third-order valence-electron chi connectivity index (χ3n) is 2.44. The highest BCUT2D eigenvalue weighted by atomic mass is 16.5. The van der Waals surface area contributed by atoms with Crippen molar-refractivity contribution in [1.29, 1.82) is 0 Å². The van der Waals surface area contributed by atoms with Gasteiger partial charge in [0.15, 0.2) is 0 Å². The number of carbonyl (C=O) groups is 2. The molecule has 5 nitrogen and oxygen atoms in total. The molecule has 5 heteroatoms. The molecule has 0 unspecified atom stereocenters. The molecule has 0 radical (unpaired) electrons. The Morgan fingerprint density at radius 2 is 1.79 bits per heavy atom. The van der Waals surface area contributed by atoms with Crippen molar-refractivity contribution in [1.82, 2.24) is 5.32 Å². The van der Waals surface area contributed by atoms with Crippen LogP contribution in [0.15, 0.2) is 30.0 Å². The Labute approximate surface area is 112 Å². The first kappa shape index (κ1) is 14.8. The predicted octanol–water partition coefficient (Wildman–Crippen LogP) is 1.40. The lowest BCUT2D eigenvalue weighted by Crippen LogP contribution is -2.25. The van der Waals surface area contributed by atoms with E-state index in [2.05, 4.69) is 10.1 Å². The van der Waals surface area contributed by atoms with E-state index in [9.17, 15) is 9.59 Å². The fourth-order valence-corrected chi connectivity index (χ4v) is 1.48. The van der Waals surface area contributed by atoms with Crippen LogP contribution >= 0.6 is 0 Å². The minimum Gasteiger partial charge on any atom is -0.464 e. The fraction of sp³-hybridized carbons (Fsp3) is 0.286. The summed E-state index contributed by atoms with van der Waals surface area (Å²) in [5.41, 5.74) is 1.98. The van der Waals surface area contributed by atoms with Gasteiger partial charge in [-0.15, -0.1) is 0 Å². The maximum Gasteiger partial charge on any atom is 0.354 e. The van der Waals surface area contributed by atoms with Gasteiger partial charge in [0.2, 0.25) is 5.91 Å². The summed E-state index contributed by atoms with van der Waals surface area (Å²) in [7, 11) is 5.16. The number of benzene rings is 1. The van der Waals surface area contributed by atoms with Crippen LogP contribution in [0.25, 0.3) is 6.08 Å². The molecule has 0 aliphatic rings. The van der Waals surface area contributed by atoms with Crippen LogP contribution < -0.4 is 10.2 Å². The van der Waals surface area contributed by atoms with Gasteiger partial charge in [0.05, 0.1) is 7.11 Å². The molecule has 0 bridgehead atoms. The Morgan fingerprint density at radius 1 is 1.21 bits per heavy atom. The van der Waals surface area contributed by atoms with Gasteiger partial charge in [0.1, 0.15) is 5.70 Å². The molecule has 0 heterocycles. The molecule has 1 aromatic rings. The van der Waals surface area contributed by atoms with Crippen molar-refractivity contribution >= 4 is 23.6 Å². The number of anilines is 1. The van der Waals surface area contributed by atoms with E-state index < -0.39 is 5.97 Å². The maximum absolute atomic E-state index is 11.5. The number of nitrogens with one attached hydrogen (secondary N) is 1. The van der Waals surface area contributed by atoms with E-state index in [1.54, 1.807) is 6.08 Å². The first-order valence-electron chi connectivity index (χ1n) is 5.79. The molecule has 1 rings (SSSR count). The van der Waals surface area contributed by atoms with Gasteiger partial charge in [-0.3, -0.25) is 4.79 Å². The number of esters is 1. The normalized spacial score (nSPS) is 10.8. The van der Waals surface area contributed by atoms with Crippen LogP contribution in [0.4, 0.5) is 5.69 Å². The topological polar surface area (TPSA) is 58.6 Å². The summed E-state index contributed by atoms with van der Waals surface area (Å²) >= 11 is 0. The highest BCUT2D eigenvalue weighted by molar-refractivity contribution is 5.97. The first-order chi connectivity index (χ1) is 8.93. The van der Waals surface area contributed by atoms with Gasteiger partial charge in [-0.2, -0.15) is 0 Å². The van der Waals surface area contributed by atoms with Crippen LogP contribution in [0, 0.1) is 0 Å². The number of hydrogen-bond acceptors (Lipinski definition) is 4. The van der Waals surface area contributed by atoms with Gasteiger partial charge in [-0.05, 0) is 23.8 Å². The average Bonchev–Trinajstić information content (AvgIpc) is 2.37. The summed E-state index contributed by atoms with van der Waals surface area (Å²) in [6, 6.07) is 7.57. The minimum absolute atomic E-state index is 0.118. The van der Waals surface area contributed by atoms with E-state index in [1.807, 2.05) is 43.3 Å². The molecule has 0 atom stereocenters. The van der Waals surface area contributed by atoms with Crippen LogP contribution in [-0.4, -0.2) is 33.1 Å². The maximum atomic E-state index is 11.5. The lowest BCUT2D eigenvalue weighted by atomic mass is 10.1. The van der Waals surface area contributed by atoms with Gasteiger partial charge in [-0.1, -0.05) is 12.1 Å². The lowest BCUT2D eigenvalue weighted by Gasteiger charge is -2.12. The van der Waals surface area contributed by atoms with E-state index in [1.165, 1.54) is 14.0 Å². The Morgan fingerprint density at radius 3 is 2.21 bits per heavy atom. The van der Waals surface area contributed by atoms with Crippen molar-refractivity contribution in [2.24, 2.45) is 0 Å². The van der Waals surface area contributed by atoms with Gasteiger partial charge in [0, 0.05) is 26.7 Å². The van der Waals surface area contributed by atoms with Crippen LogP contribution in [-0.2, 0) is 14.3 Å². The molecule has 1 N–H and O–H groups in total. The Kier molecular flexibility index (Phi) is 5.11. The number of amides is 1. The molecule has 0 saturated heterocycles. The predicted molar refractivity (Wildman–Crippen MR) is 74.6 cm³/mol. The van der Waals surface area contributed by atoms with Gasteiger partial charge >= 0.3 is 5.97 Å². The summed E-state index contributed by atoms with van der Waals surface area (Å²) in [6.45, 7) is 1.34. The standard InChI is InChI=1S/C14H18N2O3/c1-10(17)15-13(14(18)19-4)9-11-5-7-12(8-6-11)16(2)3/h5-9H,1-4H3,(H,15,17)/b13-9-. The number of hydrogen-bond donors (Lipinski definition) is 1. The molecule has 0 spiro atoms. The third-order valence-corrected chi connectivity index (χ3v) is 2.44. The fourth-order valence-electron chi connectivity index (χ4n) is 1.48. The number of nitrogens with zero attached hydrogens (tertiary/aromatic N) is 1. The second-order valence-corrected chi connectivity index (χ2v) is 4.22. The first-order valence-corrected chi connectivity index (χ1v) is 5.79. The van der Waals surface area contributed by atoms with Crippen LogP contribution in [0.2, 0.25) is 0 Å². The summed E-state index contributed by atoms with van der Waals surface area (Å²) in [5.74, 6) is -0.895. The van der Waals surface area contributed by atoms with Crippen molar-refractivity contribution < 1.29 is 14.3 Å². The zero-order valence-corrected chi connectivity index (χ0v) is 11.6. The molecular weight excluding hydrogens is 244 g/mol. The molecule has 1 amide bonds. The summed E-state index contributed by atoms with van der Waals surface area (Å²) < 4.78 is 4.62. The molecule has 19 heavy (non-hydrogen) atoms. The smallest absolute Gasteiger partial charge is 0.354 e. The summed E-state index contributed by atoms with van der Waals surface area (Å²) in [4.78, 5) is 24.5. The Balaban J connectivity index is 3.00. The highest BCUT2D eigenvalue weighted by Gasteiger charge is 2.10. The van der Waals surface area contributed by atoms with Crippen LogP contribution in [0.1, 0.15) is 12.5 Å².